The van der Waals surface area contributed by atoms with Crippen molar-refractivity contribution < 1.29 is 14.4 Å². The highest BCUT2D eigenvalue weighted by Gasteiger charge is 2.36. The molecule has 0 saturated carbocycles. The molecule has 0 fully saturated rings. The average molecular weight is 489 g/mol. The number of hydrogen-bond donors (Lipinski definition) is 1. The van der Waals surface area contributed by atoms with Crippen molar-refractivity contribution in [1.29, 1.82) is 0 Å². The Bertz CT molecular complexity index is 1030. The fourth-order valence-electron chi connectivity index (χ4n) is 2.77. The van der Waals surface area contributed by atoms with Crippen LogP contribution in [-0.2, 0) is 4.79 Å². The molecule has 6 nitrogen and oxygen atoms in total. The molecule has 0 aliphatic carbocycles. The lowest BCUT2D eigenvalue weighted by Crippen LogP contribution is -2.37. The van der Waals surface area contributed by atoms with E-state index in [4.69, 9.17) is 0 Å². The number of benzene rings is 2. The Labute approximate surface area is 172 Å². The minimum absolute atomic E-state index is 0.325. The Hall–Kier alpha value is -2.59. The largest absolute Gasteiger partial charge is 0.300 e. The molecule has 1 aliphatic rings. The lowest BCUT2D eigenvalue weighted by atomic mass is 10.1. The summed E-state index contributed by atoms with van der Waals surface area (Å²) in [6.45, 7) is -0.342. The van der Waals surface area contributed by atoms with Crippen LogP contribution in [0.2, 0.25) is 0 Å². The van der Waals surface area contributed by atoms with Crippen LogP contribution >= 0.6 is 33.9 Å². The zero-order valence-corrected chi connectivity index (χ0v) is 16.8. The van der Waals surface area contributed by atoms with E-state index in [0.29, 0.717) is 16.3 Å². The van der Waals surface area contributed by atoms with Gasteiger partial charge in [0.05, 0.1) is 16.8 Å². The molecule has 0 atom stereocenters. The molecule has 1 aromatic heterocycles. The quantitative estimate of drug-likeness (QED) is 0.449. The molecule has 4 rings (SSSR count). The van der Waals surface area contributed by atoms with Gasteiger partial charge in [0.25, 0.3) is 11.8 Å². The molecule has 2 heterocycles. The van der Waals surface area contributed by atoms with E-state index in [1.165, 1.54) is 11.3 Å². The molecule has 3 amide bonds. The molecule has 0 bridgehead atoms. The second kappa shape index (κ2) is 7.20. The van der Waals surface area contributed by atoms with E-state index in [2.05, 4.69) is 32.9 Å². The summed E-state index contributed by atoms with van der Waals surface area (Å²) >= 11 is 3.52. The van der Waals surface area contributed by atoms with E-state index in [9.17, 15) is 14.4 Å². The first-order valence-corrected chi connectivity index (χ1v) is 9.95. The summed E-state index contributed by atoms with van der Waals surface area (Å²) in [5.41, 5.74) is 2.36. The van der Waals surface area contributed by atoms with Crippen LogP contribution in [0.15, 0.2) is 53.9 Å². The van der Waals surface area contributed by atoms with Gasteiger partial charge in [-0.05, 0) is 46.9 Å². The van der Waals surface area contributed by atoms with Crippen molar-refractivity contribution in [1.82, 2.24) is 9.88 Å². The number of imide groups is 1. The zero-order chi connectivity index (χ0) is 19.0. The summed E-state index contributed by atoms with van der Waals surface area (Å²) in [5, 5.41) is 4.93. The van der Waals surface area contributed by atoms with Gasteiger partial charge < -0.3 is 5.32 Å². The number of fused-ring (bicyclic) bond motifs is 1. The molecule has 0 radical (unpaired) electrons. The van der Waals surface area contributed by atoms with Crippen LogP contribution in [0.1, 0.15) is 20.7 Å². The number of anilines is 1. The predicted octanol–water partition coefficient (Wildman–Crippen LogP) is 3.65. The number of carbonyl (C=O) groups is 3. The number of nitrogens with zero attached hydrogens (tertiary/aromatic N) is 2. The number of halogens is 1. The summed E-state index contributed by atoms with van der Waals surface area (Å²) in [5.74, 6) is -1.37. The van der Waals surface area contributed by atoms with Crippen molar-refractivity contribution in [2.24, 2.45) is 0 Å². The molecule has 1 N–H and O–H groups in total. The van der Waals surface area contributed by atoms with Gasteiger partial charge in [0.15, 0.2) is 5.13 Å². The first-order chi connectivity index (χ1) is 13.0. The second-order valence-electron chi connectivity index (χ2n) is 5.84. The lowest BCUT2D eigenvalue weighted by molar-refractivity contribution is -0.116. The molecule has 0 unspecified atom stereocenters. The maximum atomic E-state index is 12.3. The third kappa shape index (κ3) is 3.50. The van der Waals surface area contributed by atoms with Gasteiger partial charge >= 0.3 is 0 Å². The molecule has 2 aromatic carbocycles. The Morgan fingerprint density at radius 1 is 1.04 bits per heavy atom. The zero-order valence-electron chi connectivity index (χ0n) is 13.8. The van der Waals surface area contributed by atoms with Crippen LogP contribution < -0.4 is 5.32 Å². The lowest BCUT2D eigenvalue weighted by Gasteiger charge is -2.12. The van der Waals surface area contributed by atoms with Crippen molar-refractivity contribution in [3.63, 3.8) is 0 Å². The third-order valence-electron chi connectivity index (χ3n) is 4.07. The number of hydrogen-bond acceptors (Lipinski definition) is 5. The monoisotopic (exact) mass is 489 g/mol. The fraction of sp³-hybridized carbons (Fsp3) is 0.0526. The Morgan fingerprint density at radius 3 is 2.30 bits per heavy atom. The predicted molar refractivity (Wildman–Crippen MR) is 111 cm³/mol. The van der Waals surface area contributed by atoms with Crippen LogP contribution in [0.5, 0.6) is 0 Å². The topological polar surface area (TPSA) is 79.4 Å². The smallest absolute Gasteiger partial charge is 0.262 e. The van der Waals surface area contributed by atoms with Gasteiger partial charge in [-0.2, -0.15) is 0 Å². The molecule has 1 aliphatic heterocycles. The summed E-state index contributed by atoms with van der Waals surface area (Å²) in [7, 11) is 0. The number of thiazole rings is 1. The van der Waals surface area contributed by atoms with E-state index in [1.807, 2.05) is 29.6 Å². The van der Waals surface area contributed by atoms with Crippen molar-refractivity contribution in [3.8, 4) is 11.3 Å². The van der Waals surface area contributed by atoms with Crippen molar-refractivity contribution >= 4 is 56.8 Å². The summed E-state index contributed by atoms with van der Waals surface area (Å²) < 4.78 is 1.13. The van der Waals surface area contributed by atoms with Gasteiger partial charge in [-0.15, -0.1) is 11.3 Å². The SMILES string of the molecule is O=C(CN1C(=O)c2ccccc2C1=O)Nc1nc(-c2ccc(I)cc2)cs1. The number of amides is 3. The Morgan fingerprint density at radius 2 is 1.67 bits per heavy atom. The van der Waals surface area contributed by atoms with Crippen LogP contribution in [-0.4, -0.2) is 34.2 Å². The van der Waals surface area contributed by atoms with Crippen LogP contribution in [0.25, 0.3) is 11.3 Å². The van der Waals surface area contributed by atoms with Crippen LogP contribution in [0.4, 0.5) is 5.13 Å². The van der Waals surface area contributed by atoms with Gasteiger partial charge in [-0.25, -0.2) is 4.98 Å². The molecule has 0 spiro atoms. The molecule has 3 aromatic rings. The molecule has 8 heteroatoms. The number of rotatable bonds is 4. The standard InChI is InChI=1S/C19H12IN3O3S/c20-12-7-5-11(6-8-12)15-10-27-19(21-15)22-16(24)9-23-17(25)13-3-1-2-4-14(13)18(23)26/h1-8,10H,9H2,(H,21,22,24). The normalized spacial score (nSPS) is 13.0. The summed E-state index contributed by atoms with van der Waals surface area (Å²) in [6.07, 6.45) is 0. The van der Waals surface area contributed by atoms with Gasteiger partial charge in [-0.3, -0.25) is 19.3 Å². The van der Waals surface area contributed by atoms with E-state index in [-0.39, 0.29) is 6.54 Å². The van der Waals surface area contributed by atoms with E-state index < -0.39 is 17.7 Å². The van der Waals surface area contributed by atoms with Crippen molar-refractivity contribution in [2.45, 2.75) is 0 Å². The molecule has 27 heavy (non-hydrogen) atoms. The molecular weight excluding hydrogens is 477 g/mol. The first-order valence-electron chi connectivity index (χ1n) is 7.99. The van der Waals surface area contributed by atoms with E-state index in [0.717, 1.165) is 19.7 Å². The van der Waals surface area contributed by atoms with Gasteiger partial charge in [0, 0.05) is 14.5 Å². The third-order valence-corrected chi connectivity index (χ3v) is 5.55. The molecule has 134 valence electrons. The first kappa shape index (κ1) is 17.8. The van der Waals surface area contributed by atoms with Crippen LogP contribution in [0.3, 0.4) is 0 Å². The highest BCUT2D eigenvalue weighted by atomic mass is 127. The number of carbonyl (C=O) groups excluding carboxylic acids is 3. The maximum absolute atomic E-state index is 12.3. The van der Waals surface area contributed by atoms with E-state index in [1.54, 1.807) is 24.3 Å². The highest BCUT2D eigenvalue weighted by molar-refractivity contribution is 14.1. The van der Waals surface area contributed by atoms with Crippen molar-refractivity contribution in [3.05, 3.63) is 68.6 Å². The van der Waals surface area contributed by atoms with Gasteiger partial charge in [0.1, 0.15) is 6.54 Å². The second-order valence-corrected chi connectivity index (χ2v) is 7.94. The molecular formula is C19H12IN3O3S. The minimum Gasteiger partial charge on any atom is -0.300 e. The Kier molecular flexibility index (Phi) is 4.75. The highest BCUT2D eigenvalue weighted by Crippen LogP contribution is 2.26. The summed E-state index contributed by atoms with van der Waals surface area (Å²) in [4.78, 5) is 42.3. The molecule has 0 saturated heterocycles. The van der Waals surface area contributed by atoms with E-state index >= 15 is 0 Å². The number of nitrogens with one attached hydrogen (secondary N) is 1. The number of aromatic nitrogens is 1. The Balaban J connectivity index is 1.44. The van der Waals surface area contributed by atoms with Gasteiger partial charge in [-0.1, -0.05) is 24.3 Å². The average Bonchev–Trinajstić information content (AvgIpc) is 3.22. The van der Waals surface area contributed by atoms with Gasteiger partial charge in [0.2, 0.25) is 5.91 Å². The fourth-order valence-corrected chi connectivity index (χ4v) is 3.86. The minimum atomic E-state index is -0.465. The maximum Gasteiger partial charge on any atom is 0.262 e. The summed E-state index contributed by atoms with van der Waals surface area (Å²) in [6, 6.07) is 14.4. The van der Waals surface area contributed by atoms with Crippen LogP contribution in [0, 0.1) is 3.57 Å². The van der Waals surface area contributed by atoms with Crippen molar-refractivity contribution in [2.75, 3.05) is 11.9 Å².